The van der Waals surface area contributed by atoms with Gasteiger partial charge in [-0.25, -0.2) is 0 Å². The molecule has 0 bridgehead atoms. The topological polar surface area (TPSA) is 80.3 Å². The third kappa shape index (κ3) is 51.4. The van der Waals surface area contributed by atoms with Crippen molar-refractivity contribution in [1.82, 2.24) is 0 Å². The molecule has 0 heterocycles. The average Bonchev–Trinajstić information content (AvgIpc) is 1.41. The van der Waals surface area contributed by atoms with Gasteiger partial charge in [-0.05, 0) is 6.16 Å². The summed E-state index contributed by atoms with van der Waals surface area (Å²) < 4.78 is 8.06. The summed E-state index contributed by atoms with van der Waals surface area (Å²) in [5.41, 5.74) is 0. The van der Waals surface area contributed by atoms with E-state index in [0.717, 1.165) is 0 Å². The minimum absolute atomic E-state index is 0. The minimum atomic E-state index is -2.33. The summed E-state index contributed by atoms with van der Waals surface area (Å²) in [5, 5.41) is 16.7. The first-order valence-corrected chi connectivity index (χ1v) is 1.34. The van der Waals surface area contributed by atoms with E-state index in [1.165, 1.54) is 0 Å². The van der Waals surface area contributed by atoms with Crippen molar-refractivity contribution in [3.63, 3.8) is 0 Å². The van der Waals surface area contributed by atoms with E-state index in [1.54, 1.807) is 21.0 Å². The van der Waals surface area contributed by atoms with Crippen LogP contribution < -0.4 is 148 Å². The first kappa shape index (κ1) is 22.7. The standard InChI is InChI=1S/CH2O3.Ag.2Cs.O/c2-1(3)4;;;;/h(H2,2,3,4);;;;/q;;2*+1;/p-2. The van der Waals surface area contributed by atoms with Crippen molar-refractivity contribution < 1.29 is 177 Å². The van der Waals surface area contributed by atoms with Gasteiger partial charge >= 0.3 is 162 Å². The Morgan fingerprint density at radius 2 is 1.12 bits per heavy atom. The van der Waals surface area contributed by atoms with E-state index < -0.39 is 6.16 Å². The Kier molecular flexibility index (Phi) is 63.6. The van der Waals surface area contributed by atoms with Crippen molar-refractivity contribution >= 4 is 6.16 Å². The average molecular weight is 450 g/mol. The molecule has 0 aliphatic rings. The molecule has 0 aromatic carbocycles. The van der Waals surface area contributed by atoms with E-state index in [-0.39, 0.29) is 138 Å². The molecule has 0 amide bonds. The zero-order valence-electron chi connectivity index (χ0n) is 4.43. The number of hydrogen-bond donors (Lipinski definition) is 0. The second kappa shape index (κ2) is 22.4. The van der Waals surface area contributed by atoms with E-state index in [1.807, 2.05) is 0 Å². The molecule has 4 nitrogen and oxygen atoms in total. The van der Waals surface area contributed by atoms with E-state index in [0.29, 0.717) is 0 Å². The summed E-state index contributed by atoms with van der Waals surface area (Å²) in [7, 11) is 0. The third-order valence-electron chi connectivity index (χ3n) is 0. The second-order valence-corrected chi connectivity index (χ2v) is 0.250. The van der Waals surface area contributed by atoms with Gasteiger partial charge in [0.05, 0.1) is 0 Å². The normalized spacial score (nSPS) is 3.75. The van der Waals surface area contributed by atoms with Crippen molar-refractivity contribution in [2.75, 3.05) is 0 Å². The maximum atomic E-state index is 8.33. The van der Waals surface area contributed by atoms with Crippen molar-refractivity contribution in [2.45, 2.75) is 0 Å². The van der Waals surface area contributed by atoms with Gasteiger partial charge < -0.3 is 15.0 Å². The number of rotatable bonds is 0. The van der Waals surface area contributed by atoms with Crippen molar-refractivity contribution in [1.29, 1.82) is 0 Å². The predicted octanol–water partition coefficient (Wildman–Crippen LogP) is -8.56. The third-order valence-corrected chi connectivity index (χ3v) is 0. The molecule has 0 spiro atoms. The van der Waals surface area contributed by atoms with Crippen LogP contribution in [0.25, 0.3) is 0 Å². The molecule has 8 heavy (non-hydrogen) atoms. The van der Waals surface area contributed by atoms with Gasteiger partial charge in [0.2, 0.25) is 0 Å². The molecule has 0 fully saturated rings. The molecular weight excluding hydrogens is 450 g/mol. The van der Waals surface area contributed by atoms with Crippen LogP contribution >= 0.6 is 0 Å². The number of carbonyl (C=O) groups excluding carboxylic acids is 1. The van der Waals surface area contributed by atoms with Crippen LogP contribution in [0.1, 0.15) is 0 Å². The van der Waals surface area contributed by atoms with Gasteiger partial charge in [-0.1, -0.05) is 0 Å². The monoisotopic (exact) mass is 449 g/mol. The predicted molar refractivity (Wildman–Crippen MR) is 6.08 cm³/mol. The molecule has 0 radical (unpaired) electrons. The fraction of sp³-hybridized carbons (Fsp3) is 0. The van der Waals surface area contributed by atoms with E-state index >= 15 is 0 Å². The fourth-order valence-corrected chi connectivity index (χ4v) is 0. The summed E-state index contributed by atoms with van der Waals surface area (Å²) in [6, 6.07) is 0. The van der Waals surface area contributed by atoms with Crippen LogP contribution in [0, 0.1) is 0 Å². The molecule has 0 saturated carbocycles. The van der Waals surface area contributed by atoms with Crippen LogP contribution in [-0.2, 0) is 24.3 Å². The van der Waals surface area contributed by atoms with Crippen LogP contribution in [0.5, 0.6) is 0 Å². The molecular formula is CAgCs2O4. The summed E-state index contributed by atoms with van der Waals surface area (Å²) in [4.78, 5) is 8.33. The van der Waals surface area contributed by atoms with Crippen LogP contribution in [-0.4, -0.2) is 6.16 Å². The molecule has 0 aromatic rings. The fourth-order valence-electron chi connectivity index (χ4n) is 0. The zero-order valence-corrected chi connectivity index (χ0v) is 18.5. The summed E-state index contributed by atoms with van der Waals surface area (Å²) >= 11 is 1.70. The number of carboxylic acid groups (broad SMARTS) is 2. The Labute approximate surface area is 177 Å². The Bertz CT molecular complexity index is 45.3. The van der Waals surface area contributed by atoms with Gasteiger partial charge in [-0.3, -0.25) is 0 Å². The summed E-state index contributed by atoms with van der Waals surface area (Å²) in [5.74, 6) is 0. The van der Waals surface area contributed by atoms with Gasteiger partial charge in [-0.2, -0.15) is 0 Å². The Hall–Kier alpha value is 3.91. The van der Waals surface area contributed by atoms with Crippen molar-refractivity contribution in [3.05, 3.63) is 0 Å². The molecule has 41 valence electrons. The van der Waals surface area contributed by atoms with Gasteiger partial charge in [0, 0.05) is 0 Å². The zero-order chi connectivity index (χ0) is 5.58. The first-order valence-electron chi connectivity index (χ1n) is 0.735. The molecule has 0 saturated heterocycles. The molecule has 0 rings (SSSR count). The number of carbonyl (C=O) groups is 1. The Morgan fingerprint density at radius 3 is 1.12 bits per heavy atom. The van der Waals surface area contributed by atoms with Crippen LogP contribution in [0.4, 0.5) is 4.79 Å². The Morgan fingerprint density at radius 1 is 1.12 bits per heavy atom. The molecule has 7 heteroatoms. The molecule has 0 aliphatic heterocycles. The molecule has 0 unspecified atom stereocenters. The van der Waals surface area contributed by atoms with E-state index in [2.05, 4.69) is 0 Å². The van der Waals surface area contributed by atoms with Gasteiger partial charge in [0.15, 0.2) is 0 Å². The van der Waals surface area contributed by atoms with Gasteiger partial charge in [0.25, 0.3) is 0 Å². The molecule has 0 aliphatic carbocycles. The van der Waals surface area contributed by atoms with Crippen LogP contribution in [0.2, 0.25) is 0 Å². The maximum absolute atomic E-state index is 8.33. The molecule has 0 N–H and O–H groups in total. The van der Waals surface area contributed by atoms with Crippen molar-refractivity contribution in [2.24, 2.45) is 0 Å². The van der Waals surface area contributed by atoms with E-state index in [9.17, 15) is 0 Å². The van der Waals surface area contributed by atoms with Gasteiger partial charge in [0.1, 0.15) is 0 Å². The number of hydrogen-bond acceptors (Lipinski definition) is 4. The molecule has 0 atom stereocenters. The quantitative estimate of drug-likeness (QED) is 0.344. The second-order valence-electron chi connectivity index (χ2n) is 0.250. The summed E-state index contributed by atoms with van der Waals surface area (Å²) in [6.07, 6.45) is -2.33. The van der Waals surface area contributed by atoms with Crippen LogP contribution in [0.15, 0.2) is 0 Å². The molecule has 0 aromatic heterocycles. The SMILES string of the molecule is O=C([O-])[O-].[Cs+].[Cs+].[O]=[Ag]. The van der Waals surface area contributed by atoms with E-state index in [4.69, 9.17) is 18.3 Å². The van der Waals surface area contributed by atoms with Crippen LogP contribution in [0.3, 0.4) is 0 Å². The van der Waals surface area contributed by atoms with Crippen molar-refractivity contribution in [3.8, 4) is 0 Å². The first-order chi connectivity index (χ1) is 2.73. The summed E-state index contributed by atoms with van der Waals surface area (Å²) in [6.45, 7) is 0. The van der Waals surface area contributed by atoms with Gasteiger partial charge in [-0.15, -0.1) is 0 Å². The Balaban J connectivity index is -0.0000000183.